The average Bonchev–Trinajstić information content (AvgIpc) is 2.58. The summed E-state index contributed by atoms with van der Waals surface area (Å²) >= 11 is 6.09. The highest BCUT2D eigenvalue weighted by molar-refractivity contribution is 7.92. The molecule has 0 spiro atoms. The molecule has 25 heavy (non-hydrogen) atoms. The number of amides is 1. The van der Waals surface area contributed by atoms with Crippen LogP contribution in [0.2, 0.25) is 5.02 Å². The van der Waals surface area contributed by atoms with Gasteiger partial charge in [-0.2, -0.15) is 0 Å². The monoisotopic (exact) mass is 380 g/mol. The maximum atomic E-state index is 12.3. The number of nitrogens with zero attached hydrogens (tertiary/aromatic N) is 1. The molecule has 0 saturated carbocycles. The molecule has 0 unspecified atom stereocenters. The molecule has 0 aliphatic heterocycles. The van der Waals surface area contributed by atoms with Crippen LogP contribution in [0, 0.1) is 0 Å². The van der Waals surface area contributed by atoms with E-state index in [4.69, 9.17) is 11.6 Å². The van der Waals surface area contributed by atoms with E-state index >= 15 is 0 Å². The molecule has 5 nitrogen and oxygen atoms in total. The fourth-order valence-electron chi connectivity index (χ4n) is 2.31. The van der Waals surface area contributed by atoms with Crippen molar-refractivity contribution in [1.29, 1.82) is 0 Å². The summed E-state index contributed by atoms with van der Waals surface area (Å²) in [6, 6.07) is 14.6. The minimum absolute atomic E-state index is 0.259. The molecule has 0 bridgehead atoms. The number of rotatable bonds is 7. The third-order valence-electron chi connectivity index (χ3n) is 3.83. The van der Waals surface area contributed by atoms with Crippen LogP contribution < -0.4 is 9.62 Å². The number of carbonyl (C=O) groups is 1. The highest BCUT2D eigenvalue weighted by atomic mass is 35.5. The SMILES string of the molecule is CN(c1ccc(Cl)c(C(=O)NCCCc2ccccc2)c1)S(C)(=O)=O. The molecule has 0 fully saturated rings. The zero-order chi connectivity index (χ0) is 18.4. The van der Waals surface area contributed by atoms with Gasteiger partial charge < -0.3 is 5.32 Å². The quantitative estimate of drug-likeness (QED) is 0.750. The van der Waals surface area contributed by atoms with Crippen molar-refractivity contribution in [3.8, 4) is 0 Å². The van der Waals surface area contributed by atoms with Crippen LogP contribution in [0.25, 0.3) is 0 Å². The van der Waals surface area contributed by atoms with Gasteiger partial charge in [-0.1, -0.05) is 41.9 Å². The second-order valence-electron chi connectivity index (χ2n) is 5.74. The highest BCUT2D eigenvalue weighted by Gasteiger charge is 2.16. The minimum Gasteiger partial charge on any atom is -0.352 e. The van der Waals surface area contributed by atoms with E-state index in [1.807, 2.05) is 30.3 Å². The van der Waals surface area contributed by atoms with Gasteiger partial charge in [-0.15, -0.1) is 0 Å². The van der Waals surface area contributed by atoms with Gasteiger partial charge in [-0.3, -0.25) is 9.10 Å². The zero-order valence-corrected chi connectivity index (χ0v) is 15.8. The van der Waals surface area contributed by atoms with Crippen LogP contribution in [-0.4, -0.2) is 34.2 Å². The highest BCUT2D eigenvalue weighted by Crippen LogP contribution is 2.24. The third-order valence-corrected chi connectivity index (χ3v) is 5.36. The van der Waals surface area contributed by atoms with Crippen LogP contribution in [0.3, 0.4) is 0 Å². The lowest BCUT2D eigenvalue weighted by atomic mass is 10.1. The number of aryl methyl sites for hydroxylation is 1. The van der Waals surface area contributed by atoms with Gasteiger partial charge >= 0.3 is 0 Å². The molecular weight excluding hydrogens is 360 g/mol. The number of nitrogens with one attached hydrogen (secondary N) is 1. The predicted molar refractivity (Wildman–Crippen MR) is 102 cm³/mol. The van der Waals surface area contributed by atoms with E-state index in [0.29, 0.717) is 12.2 Å². The number of carbonyl (C=O) groups excluding carboxylic acids is 1. The van der Waals surface area contributed by atoms with Crippen LogP contribution in [0.1, 0.15) is 22.3 Å². The van der Waals surface area contributed by atoms with Crippen molar-refractivity contribution in [1.82, 2.24) is 5.32 Å². The van der Waals surface area contributed by atoms with Crippen molar-refractivity contribution >= 4 is 33.2 Å². The van der Waals surface area contributed by atoms with Gasteiger partial charge in [0, 0.05) is 13.6 Å². The predicted octanol–water partition coefficient (Wildman–Crippen LogP) is 3.10. The standard InChI is InChI=1S/C18H21ClN2O3S/c1-21(25(2,23)24)15-10-11-17(19)16(13-15)18(22)20-12-6-9-14-7-4-3-5-8-14/h3-5,7-8,10-11,13H,6,9,12H2,1-2H3,(H,20,22). The van der Waals surface area contributed by atoms with E-state index in [1.165, 1.54) is 24.7 Å². The minimum atomic E-state index is -3.40. The number of benzene rings is 2. The molecule has 0 aliphatic rings. The Bertz CT molecular complexity index is 839. The Morgan fingerprint density at radius 2 is 1.84 bits per heavy atom. The second kappa shape index (κ2) is 8.36. The number of halogens is 1. The molecule has 0 atom stereocenters. The Kier molecular flexibility index (Phi) is 6.45. The Morgan fingerprint density at radius 1 is 1.16 bits per heavy atom. The molecule has 0 heterocycles. The summed E-state index contributed by atoms with van der Waals surface area (Å²) in [5.41, 5.74) is 1.86. The van der Waals surface area contributed by atoms with Crippen LogP contribution in [0.4, 0.5) is 5.69 Å². The second-order valence-corrected chi connectivity index (χ2v) is 8.16. The van der Waals surface area contributed by atoms with Crippen molar-refractivity contribution in [3.63, 3.8) is 0 Å². The van der Waals surface area contributed by atoms with Gasteiger partial charge in [0.1, 0.15) is 0 Å². The average molecular weight is 381 g/mol. The maximum absolute atomic E-state index is 12.3. The summed E-state index contributed by atoms with van der Waals surface area (Å²) in [7, 11) is -1.97. The third kappa shape index (κ3) is 5.47. The van der Waals surface area contributed by atoms with Gasteiger partial charge in [-0.25, -0.2) is 8.42 Å². The lowest BCUT2D eigenvalue weighted by molar-refractivity contribution is 0.0953. The van der Waals surface area contributed by atoms with Crippen LogP contribution in [0.15, 0.2) is 48.5 Å². The van der Waals surface area contributed by atoms with Gasteiger partial charge in [0.15, 0.2) is 0 Å². The van der Waals surface area contributed by atoms with Crippen LogP contribution in [0.5, 0.6) is 0 Å². The molecule has 1 amide bonds. The molecule has 134 valence electrons. The molecule has 2 rings (SSSR count). The van der Waals surface area contributed by atoms with Crippen molar-refractivity contribution in [2.45, 2.75) is 12.8 Å². The fraction of sp³-hybridized carbons (Fsp3) is 0.278. The summed E-state index contributed by atoms with van der Waals surface area (Å²) in [6.07, 6.45) is 2.77. The number of sulfonamides is 1. The first kappa shape index (κ1) is 19.3. The van der Waals surface area contributed by atoms with Crippen molar-refractivity contribution < 1.29 is 13.2 Å². The smallest absolute Gasteiger partial charge is 0.252 e. The van der Waals surface area contributed by atoms with E-state index in [2.05, 4.69) is 5.32 Å². The first-order valence-electron chi connectivity index (χ1n) is 7.84. The topological polar surface area (TPSA) is 66.5 Å². The maximum Gasteiger partial charge on any atom is 0.252 e. The van der Waals surface area contributed by atoms with Crippen molar-refractivity contribution in [2.75, 3.05) is 24.2 Å². The summed E-state index contributed by atoms with van der Waals surface area (Å²) < 4.78 is 24.4. The van der Waals surface area contributed by atoms with E-state index in [-0.39, 0.29) is 16.5 Å². The Morgan fingerprint density at radius 3 is 2.48 bits per heavy atom. The number of hydrogen-bond donors (Lipinski definition) is 1. The van der Waals surface area contributed by atoms with E-state index in [9.17, 15) is 13.2 Å². The molecule has 2 aromatic carbocycles. The molecule has 0 saturated heterocycles. The molecule has 0 aromatic heterocycles. The normalized spacial score (nSPS) is 11.2. The Balaban J connectivity index is 1.99. The van der Waals surface area contributed by atoms with Gasteiger partial charge in [-0.05, 0) is 36.6 Å². The Labute approximate surface area is 153 Å². The van der Waals surface area contributed by atoms with Crippen LogP contribution in [-0.2, 0) is 16.4 Å². The molecule has 1 N–H and O–H groups in total. The lowest BCUT2D eigenvalue weighted by Gasteiger charge is -2.18. The van der Waals surface area contributed by atoms with Crippen LogP contribution >= 0.6 is 11.6 Å². The van der Waals surface area contributed by atoms with Crippen molar-refractivity contribution in [2.24, 2.45) is 0 Å². The first-order chi connectivity index (χ1) is 11.8. The molecule has 0 aliphatic carbocycles. The summed E-state index contributed by atoms with van der Waals surface area (Å²) in [5.74, 6) is -0.318. The molecule has 2 aromatic rings. The van der Waals surface area contributed by atoms with Gasteiger partial charge in [0.05, 0.1) is 22.5 Å². The zero-order valence-electron chi connectivity index (χ0n) is 14.2. The summed E-state index contributed by atoms with van der Waals surface area (Å²) in [6.45, 7) is 0.510. The number of anilines is 1. The molecular formula is C18H21ClN2O3S. The van der Waals surface area contributed by atoms with E-state index < -0.39 is 10.0 Å². The summed E-state index contributed by atoms with van der Waals surface area (Å²) in [5, 5.41) is 3.11. The fourth-order valence-corrected chi connectivity index (χ4v) is 3.01. The first-order valence-corrected chi connectivity index (χ1v) is 10.1. The van der Waals surface area contributed by atoms with Gasteiger partial charge in [0.2, 0.25) is 10.0 Å². The summed E-state index contributed by atoms with van der Waals surface area (Å²) in [4.78, 5) is 12.3. The largest absolute Gasteiger partial charge is 0.352 e. The lowest BCUT2D eigenvalue weighted by Crippen LogP contribution is -2.27. The molecule has 0 radical (unpaired) electrons. The van der Waals surface area contributed by atoms with E-state index in [0.717, 1.165) is 23.4 Å². The van der Waals surface area contributed by atoms with E-state index in [1.54, 1.807) is 6.07 Å². The molecule has 7 heteroatoms. The van der Waals surface area contributed by atoms with Gasteiger partial charge in [0.25, 0.3) is 5.91 Å². The Hall–Kier alpha value is -2.05. The van der Waals surface area contributed by atoms with Crippen molar-refractivity contribution in [3.05, 3.63) is 64.7 Å². The number of hydrogen-bond acceptors (Lipinski definition) is 3.